The second-order valence-electron chi connectivity index (χ2n) is 6.62. The van der Waals surface area contributed by atoms with Crippen molar-refractivity contribution in [1.82, 2.24) is 0 Å². The molecule has 0 fully saturated rings. The van der Waals surface area contributed by atoms with Crippen molar-refractivity contribution in [1.29, 1.82) is 10.5 Å². The SMILES string of the molecule is COC(=O)C(C#N)([S+](C)C)C(C#N)(Cc1ccccc1)Cc1ccccc1. The van der Waals surface area contributed by atoms with Gasteiger partial charge in [0.15, 0.2) is 0 Å². The van der Waals surface area contributed by atoms with Gasteiger partial charge in [0.25, 0.3) is 0 Å². The van der Waals surface area contributed by atoms with E-state index in [-0.39, 0.29) is 12.8 Å². The van der Waals surface area contributed by atoms with E-state index in [1.54, 1.807) is 0 Å². The molecule has 0 heterocycles. The van der Waals surface area contributed by atoms with Crippen LogP contribution in [0.5, 0.6) is 0 Å². The fourth-order valence-electron chi connectivity index (χ4n) is 3.50. The van der Waals surface area contributed by atoms with Gasteiger partial charge in [-0.05, 0) is 24.0 Å². The monoisotopic (exact) mass is 379 g/mol. The Balaban J connectivity index is 2.71. The topological polar surface area (TPSA) is 73.9 Å². The lowest BCUT2D eigenvalue weighted by molar-refractivity contribution is -0.144. The first-order valence-electron chi connectivity index (χ1n) is 8.52. The molecule has 0 aliphatic heterocycles. The molecular weight excluding hydrogens is 356 g/mol. The van der Waals surface area contributed by atoms with Crippen LogP contribution in [-0.4, -0.2) is 30.3 Å². The number of esters is 1. The Morgan fingerprint density at radius 2 is 1.37 bits per heavy atom. The number of carbonyl (C=O) groups is 1. The van der Waals surface area contributed by atoms with E-state index in [2.05, 4.69) is 12.1 Å². The third-order valence-electron chi connectivity index (χ3n) is 4.83. The van der Waals surface area contributed by atoms with E-state index in [4.69, 9.17) is 4.74 Å². The van der Waals surface area contributed by atoms with E-state index < -0.39 is 27.0 Å². The standard InChI is InChI=1S/C22H23N2O2S/c1-26-20(25)22(17-24,27(2)3)21(16-23,14-18-10-6-4-7-11-18)15-19-12-8-5-9-13-19/h4-13H,14-15H2,1-3H3/q+1. The molecule has 0 N–H and O–H groups in total. The zero-order valence-corrected chi connectivity index (χ0v) is 16.6. The number of nitriles is 2. The van der Waals surface area contributed by atoms with Crippen LogP contribution in [0.15, 0.2) is 60.7 Å². The van der Waals surface area contributed by atoms with Gasteiger partial charge in [0.2, 0.25) is 0 Å². The second-order valence-corrected chi connectivity index (χ2v) is 8.87. The van der Waals surface area contributed by atoms with Crippen LogP contribution >= 0.6 is 0 Å². The van der Waals surface area contributed by atoms with Crippen LogP contribution in [0.3, 0.4) is 0 Å². The second kappa shape index (κ2) is 8.75. The maximum Gasteiger partial charge on any atom is 0.379 e. The number of rotatable bonds is 7. The molecule has 2 rings (SSSR count). The van der Waals surface area contributed by atoms with E-state index in [1.807, 2.05) is 73.2 Å². The molecule has 138 valence electrons. The van der Waals surface area contributed by atoms with Crippen LogP contribution in [0, 0.1) is 28.1 Å². The van der Waals surface area contributed by atoms with E-state index in [0.717, 1.165) is 11.1 Å². The number of hydrogen-bond donors (Lipinski definition) is 0. The molecule has 1 unspecified atom stereocenters. The van der Waals surface area contributed by atoms with Crippen LogP contribution in [0.4, 0.5) is 0 Å². The van der Waals surface area contributed by atoms with Crippen molar-refractivity contribution in [3.63, 3.8) is 0 Å². The van der Waals surface area contributed by atoms with Crippen LogP contribution in [0.2, 0.25) is 0 Å². The van der Waals surface area contributed by atoms with Gasteiger partial charge >= 0.3 is 10.7 Å². The highest BCUT2D eigenvalue weighted by molar-refractivity contribution is 7.97. The minimum Gasteiger partial charge on any atom is -0.464 e. The third-order valence-corrected chi connectivity index (χ3v) is 6.70. The van der Waals surface area contributed by atoms with Gasteiger partial charge in [-0.3, -0.25) is 0 Å². The van der Waals surface area contributed by atoms with Gasteiger partial charge < -0.3 is 4.74 Å². The fraction of sp³-hybridized carbons (Fsp3) is 0.318. The highest BCUT2D eigenvalue weighted by Gasteiger charge is 2.68. The van der Waals surface area contributed by atoms with Crippen molar-refractivity contribution in [2.24, 2.45) is 5.41 Å². The van der Waals surface area contributed by atoms with Gasteiger partial charge in [-0.1, -0.05) is 60.7 Å². The van der Waals surface area contributed by atoms with E-state index in [0.29, 0.717) is 0 Å². The number of ether oxygens (including phenoxy) is 1. The van der Waals surface area contributed by atoms with Gasteiger partial charge in [-0.25, -0.2) is 4.79 Å². The van der Waals surface area contributed by atoms with E-state index in [9.17, 15) is 15.3 Å². The van der Waals surface area contributed by atoms with Gasteiger partial charge in [-0.15, -0.1) is 0 Å². The number of methoxy groups -OCH3 is 1. The van der Waals surface area contributed by atoms with Crippen LogP contribution in [-0.2, 0) is 33.3 Å². The summed E-state index contributed by atoms with van der Waals surface area (Å²) in [6.45, 7) is 0. The minimum absolute atomic E-state index is 0.285. The average Bonchev–Trinajstić information content (AvgIpc) is 2.69. The van der Waals surface area contributed by atoms with Gasteiger partial charge in [0.1, 0.15) is 11.5 Å². The maximum absolute atomic E-state index is 12.9. The molecule has 5 heteroatoms. The zero-order valence-electron chi connectivity index (χ0n) is 15.8. The molecule has 4 nitrogen and oxygen atoms in total. The Morgan fingerprint density at radius 3 is 1.67 bits per heavy atom. The van der Waals surface area contributed by atoms with Crippen molar-refractivity contribution in [2.75, 3.05) is 19.6 Å². The van der Waals surface area contributed by atoms with Crippen LogP contribution < -0.4 is 0 Å². The van der Waals surface area contributed by atoms with Crippen LogP contribution in [0.25, 0.3) is 0 Å². The lowest BCUT2D eigenvalue weighted by atomic mass is 9.68. The summed E-state index contributed by atoms with van der Waals surface area (Å²) >= 11 is 0. The molecule has 2 aromatic rings. The minimum atomic E-state index is -1.57. The van der Waals surface area contributed by atoms with Crippen molar-refractivity contribution in [3.05, 3.63) is 71.8 Å². The molecular formula is C22H23N2O2S+. The molecule has 0 spiro atoms. The summed E-state index contributed by atoms with van der Waals surface area (Å²) in [6.07, 6.45) is 4.21. The molecule has 0 aliphatic rings. The van der Waals surface area contributed by atoms with Crippen molar-refractivity contribution >= 4 is 16.9 Å². The lowest BCUT2D eigenvalue weighted by Gasteiger charge is -2.36. The summed E-state index contributed by atoms with van der Waals surface area (Å²) in [5, 5.41) is 20.5. The summed E-state index contributed by atoms with van der Waals surface area (Å²) in [5.41, 5.74) is 0.553. The Kier molecular flexibility index (Phi) is 6.66. The first kappa shape index (κ1) is 20.6. The maximum atomic E-state index is 12.9. The Bertz CT molecular complexity index is 812. The molecule has 1 atom stereocenters. The Labute approximate surface area is 163 Å². The Morgan fingerprint density at radius 1 is 0.926 bits per heavy atom. The fourth-order valence-corrected chi connectivity index (χ4v) is 5.07. The highest BCUT2D eigenvalue weighted by atomic mass is 32.2. The van der Waals surface area contributed by atoms with E-state index >= 15 is 0 Å². The molecule has 0 amide bonds. The molecule has 27 heavy (non-hydrogen) atoms. The number of carbonyl (C=O) groups excluding carboxylic acids is 1. The molecule has 2 aromatic carbocycles. The van der Waals surface area contributed by atoms with Gasteiger partial charge in [0, 0.05) is 10.9 Å². The van der Waals surface area contributed by atoms with Crippen molar-refractivity contribution in [2.45, 2.75) is 17.6 Å². The molecule has 0 aliphatic carbocycles. The lowest BCUT2D eigenvalue weighted by Crippen LogP contribution is -2.60. The first-order chi connectivity index (χ1) is 13.0. The normalized spacial score (nSPS) is 13.3. The van der Waals surface area contributed by atoms with Crippen molar-refractivity contribution in [3.8, 4) is 12.1 Å². The summed E-state index contributed by atoms with van der Waals surface area (Å²) in [7, 11) is 0.556. The third kappa shape index (κ3) is 3.84. The average molecular weight is 380 g/mol. The van der Waals surface area contributed by atoms with Crippen molar-refractivity contribution < 1.29 is 9.53 Å². The predicted molar refractivity (Wildman–Crippen MR) is 108 cm³/mol. The predicted octanol–water partition coefficient (Wildman–Crippen LogP) is 3.30. The molecule has 0 saturated carbocycles. The Hall–Kier alpha value is -2.76. The molecule has 0 saturated heterocycles. The number of benzene rings is 2. The molecule has 0 radical (unpaired) electrons. The summed E-state index contributed by atoms with van der Waals surface area (Å²) in [4.78, 5) is 12.9. The van der Waals surface area contributed by atoms with Crippen LogP contribution in [0.1, 0.15) is 11.1 Å². The number of nitrogens with zero attached hydrogens (tertiary/aromatic N) is 2. The van der Waals surface area contributed by atoms with Gasteiger partial charge in [0.05, 0.1) is 25.7 Å². The number of hydrogen-bond acceptors (Lipinski definition) is 4. The quantitative estimate of drug-likeness (QED) is 0.546. The largest absolute Gasteiger partial charge is 0.464 e. The zero-order chi connectivity index (χ0) is 19.9. The van der Waals surface area contributed by atoms with E-state index in [1.165, 1.54) is 7.11 Å². The summed E-state index contributed by atoms with van der Waals surface area (Å²) in [6, 6.07) is 23.6. The molecule has 0 bridgehead atoms. The smallest absolute Gasteiger partial charge is 0.379 e. The summed E-state index contributed by atoms with van der Waals surface area (Å²) < 4.78 is 3.48. The highest BCUT2D eigenvalue weighted by Crippen LogP contribution is 2.44. The first-order valence-corrected chi connectivity index (χ1v) is 10.6. The molecule has 0 aromatic heterocycles. The van der Waals surface area contributed by atoms with Gasteiger partial charge in [-0.2, -0.15) is 10.5 Å². The summed E-state index contributed by atoms with van der Waals surface area (Å²) in [5.74, 6) is -0.647.